The molecular weight excluding hydrogens is 354 g/mol. The number of anilines is 1. The molecule has 0 radical (unpaired) electrons. The van der Waals surface area contributed by atoms with Gasteiger partial charge in [-0.3, -0.25) is 4.79 Å². The zero-order chi connectivity index (χ0) is 17.8. The van der Waals surface area contributed by atoms with Crippen LogP contribution < -0.4 is 5.32 Å². The summed E-state index contributed by atoms with van der Waals surface area (Å²) in [7, 11) is 0. The van der Waals surface area contributed by atoms with Crippen LogP contribution in [0.25, 0.3) is 0 Å². The third-order valence-corrected chi connectivity index (χ3v) is 6.51. The zero-order valence-corrected chi connectivity index (χ0v) is 16.1. The molecule has 2 heterocycles. The molecule has 2 aromatic rings. The van der Waals surface area contributed by atoms with Gasteiger partial charge >= 0.3 is 0 Å². The van der Waals surface area contributed by atoms with Gasteiger partial charge in [0.05, 0.1) is 11.3 Å². The molecule has 0 aromatic carbocycles. The van der Waals surface area contributed by atoms with Crippen molar-refractivity contribution in [3.8, 4) is 6.07 Å². The molecule has 8 heteroatoms. The summed E-state index contributed by atoms with van der Waals surface area (Å²) in [5, 5.41) is 22.1. The highest BCUT2D eigenvalue weighted by Gasteiger charge is 2.21. The van der Waals surface area contributed by atoms with E-state index in [2.05, 4.69) is 21.6 Å². The van der Waals surface area contributed by atoms with Crippen molar-refractivity contribution in [3.05, 3.63) is 21.8 Å². The van der Waals surface area contributed by atoms with E-state index >= 15 is 0 Å². The van der Waals surface area contributed by atoms with Gasteiger partial charge in [-0.05, 0) is 45.1 Å². The summed E-state index contributed by atoms with van der Waals surface area (Å²) in [6.07, 6.45) is 5.44. The van der Waals surface area contributed by atoms with E-state index in [1.165, 1.54) is 23.1 Å². The van der Waals surface area contributed by atoms with Gasteiger partial charge in [0, 0.05) is 11.4 Å². The first-order valence-electron chi connectivity index (χ1n) is 8.51. The Labute approximate surface area is 155 Å². The van der Waals surface area contributed by atoms with Crippen molar-refractivity contribution in [2.45, 2.75) is 57.7 Å². The quantitative estimate of drug-likeness (QED) is 0.638. The van der Waals surface area contributed by atoms with Gasteiger partial charge in [0.1, 0.15) is 16.9 Å². The number of aryl methyl sites for hydroxylation is 2. The summed E-state index contributed by atoms with van der Waals surface area (Å²) < 4.78 is 1.98. The number of carbonyl (C=O) groups is 1. The fourth-order valence-electron chi connectivity index (χ4n) is 3.07. The lowest BCUT2D eigenvalue weighted by molar-refractivity contribution is -0.113. The summed E-state index contributed by atoms with van der Waals surface area (Å²) in [5.74, 6) is 0.992. The van der Waals surface area contributed by atoms with E-state index in [-0.39, 0.29) is 11.7 Å². The minimum Gasteiger partial charge on any atom is -0.316 e. The minimum atomic E-state index is -0.110. The van der Waals surface area contributed by atoms with Crippen molar-refractivity contribution in [1.29, 1.82) is 5.26 Å². The summed E-state index contributed by atoms with van der Waals surface area (Å²) in [4.78, 5) is 13.6. The van der Waals surface area contributed by atoms with Gasteiger partial charge in [-0.2, -0.15) is 5.26 Å². The smallest absolute Gasteiger partial charge is 0.235 e. The second kappa shape index (κ2) is 8.02. The Morgan fingerprint density at radius 2 is 2.16 bits per heavy atom. The number of rotatable bonds is 5. The van der Waals surface area contributed by atoms with Crippen LogP contribution in [-0.2, 0) is 24.2 Å². The molecule has 6 nitrogen and oxygen atoms in total. The molecule has 0 atom stereocenters. The summed E-state index contributed by atoms with van der Waals surface area (Å²) in [6.45, 7) is 4.70. The van der Waals surface area contributed by atoms with Gasteiger partial charge in [0.2, 0.25) is 5.91 Å². The largest absolute Gasteiger partial charge is 0.316 e. The van der Waals surface area contributed by atoms with E-state index in [0.29, 0.717) is 10.6 Å². The molecular formula is C17H21N5OS2. The predicted molar refractivity (Wildman–Crippen MR) is 100 cm³/mol. The molecule has 0 saturated carbocycles. The van der Waals surface area contributed by atoms with Gasteiger partial charge < -0.3 is 9.88 Å². The molecule has 1 aliphatic carbocycles. The first-order chi connectivity index (χ1) is 12.1. The molecule has 0 fully saturated rings. The Morgan fingerprint density at radius 3 is 2.92 bits per heavy atom. The molecule has 1 N–H and O–H groups in total. The van der Waals surface area contributed by atoms with Crippen molar-refractivity contribution in [2.75, 3.05) is 11.1 Å². The van der Waals surface area contributed by atoms with Gasteiger partial charge in [0.25, 0.3) is 0 Å². The van der Waals surface area contributed by atoms with E-state index in [1.807, 2.05) is 18.4 Å². The van der Waals surface area contributed by atoms with Crippen molar-refractivity contribution in [3.63, 3.8) is 0 Å². The van der Waals surface area contributed by atoms with Crippen molar-refractivity contribution in [1.82, 2.24) is 14.8 Å². The molecule has 3 rings (SSSR count). The molecule has 1 aliphatic rings. The monoisotopic (exact) mass is 375 g/mol. The lowest BCUT2D eigenvalue weighted by atomic mass is 10.1. The highest BCUT2D eigenvalue weighted by Crippen LogP contribution is 2.37. The van der Waals surface area contributed by atoms with Crippen LogP contribution in [0.1, 0.15) is 48.0 Å². The van der Waals surface area contributed by atoms with E-state index < -0.39 is 0 Å². The number of nitrogens with zero attached hydrogens (tertiary/aromatic N) is 4. The average molecular weight is 376 g/mol. The third-order valence-electron chi connectivity index (χ3n) is 4.34. The van der Waals surface area contributed by atoms with Crippen LogP contribution in [0.5, 0.6) is 0 Å². The zero-order valence-electron chi connectivity index (χ0n) is 14.5. The number of fused-ring (bicyclic) bond motifs is 1. The number of nitriles is 1. The van der Waals surface area contributed by atoms with Gasteiger partial charge in [0.15, 0.2) is 5.16 Å². The Morgan fingerprint density at radius 1 is 1.36 bits per heavy atom. The number of hydrogen-bond acceptors (Lipinski definition) is 6. The highest BCUT2D eigenvalue weighted by atomic mass is 32.2. The topological polar surface area (TPSA) is 83.6 Å². The van der Waals surface area contributed by atoms with Crippen LogP contribution in [0.4, 0.5) is 5.00 Å². The lowest BCUT2D eigenvalue weighted by Crippen LogP contribution is -2.14. The maximum atomic E-state index is 12.3. The van der Waals surface area contributed by atoms with Crippen LogP contribution in [0.2, 0.25) is 0 Å². The minimum absolute atomic E-state index is 0.110. The van der Waals surface area contributed by atoms with Crippen molar-refractivity contribution < 1.29 is 4.79 Å². The van der Waals surface area contributed by atoms with Crippen LogP contribution in [0.15, 0.2) is 5.16 Å². The summed E-state index contributed by atoms with van der Waals surface area (Å²) >= 11 is 2.94. The fourth-order valence-corrected chi connectivity index (χ4v) is 5.18. The second-order valence-electron chi connectivity index (χ2n) is 5.99. The number of aromatic nitrogens is 3. The molecule has 0 bridgehead atoms. The normalized spacial score (nSPS) is 13.8. The second-order valence-corrected chi connectivity index (χ2v) is 8.04. The molecule has 25 heavy (non-hydrogen) atoms. The van der Waals surface area contributed by atoms with E-state index in [1.54, 1.807) is 11.3 Å². The summed E-state index contributed by atoms with van der Waals surface area (Å²) in [6, 6.07) is 2.29. The van der Waals surface area contributed by atoms with E-state index in [0.717, 1.165) is 48.8 Å². The average Bonchev–Trinajstić information content (AvgIpc) is 3.03. The fraction of sp³-hybridized carbons (Fsp3) is 0.529. The first kappa shape index (κ1) is 18.0. The van der Waals surface area contributed by atoms with Crippen LogP contribution >= 0.6 is 23.1 Å². The number of amides is 1. The maximum Gasteiger partial charge on any atom is 0.235 e. The van der Waals surface area contributed by atoms with Gasteiger partial charge in [-0.1, -0.05) is 18.2 Å². The number of nitrogens with one attached hydrogen (secondary N) is 1. The van der Waals surface area contributed by atoms with Crippen molar-refractivity contribution >= 4 is 34.0 Å². The summed E-state index contributed by atoms with van der Waals surface area (Å²) in [5.41, 5.74) is 1.81. The number of thioether (sulfide) groups is 1. The van der Waals surface area contributed by atoms with Gasteiger partial charge in [-0.25, -0.2) is 0 Å². The Bertz CT molecular complexity index is 818. The van der Waals surface area contributed by atoms with E-state index in [9.17, 15) is 10.1 Å². The molecule has 2 aromatic heterocycles. The molecule has 0 spiro atoms. The Hall–Kier alpha value is -1.85. The SMILES string of the molecule is CCn1c(C)nnc1SCC(=O)Nc1sc2c(c1C#N)CCCCC2. The first-order valence-corrected chi connectivity index (χ1v) is 10.3. The van der Waals surface area contributed by atoms with Crippen LogP contribution in [0, 0.1) is 18.3 Å². The Balaban J connectivity index is 1.68. The lowest BCUT2D eigenvalue weighted by Gasteiger charge is -2.05. The number of thiophene rings is 1. The maximum absolute atomic E-state index is 12.3. The third kappa shape index (κ3) is 3.88. The molecule has 0 saturated heterocycles. The van der Waals surface area contributed by atoms with Crippen LogP contribution in [0.3, 0.4) is 0 Å². The standard InChI is InChI=1S/C17H21N5OS2/c1-3-22-11(2)20-21-17(22)24-10-15(23)19-16-13(9-18)12-7-5-4-6-8-14(12)25-16/h3-8,10H2,1-2H3,(H,19,23). The number of carbonyl (C=O) groups excluding carboxylic acids is 1. The predicted octanol–water partition coefficient (Wildman–Crippen LogP) is 3.54. The number of hydrogen-bond donors (Lipinski definition) is 1. The molecule has 0 aliphatic heterocycles. The van der Waals surface area contributed by atoms with Gasteiger partial charge in [-0.15, -0.1) is 21.5 Å². The Kier molecular flexibility index (Phi) is 5.76. The molecule has 0 unspecified atom stereocenters. The highest BCUT2D eigenvalue weighted by molar-refractivity contribution is 7.99. The van der Waals surface area contributed by atoms with Crippen LogP contribution in [-0.4, -0.2) is 26.4 Å². The van der Waals surface area contributed by atoms with E-state index in [4.69, 9.17) is 0 Å². The van der Waals surface area contributed by atoms with Crippen molar-refractivity contribution in [2.24, 2.45) is 0 Å². The molecule has 1 amide bonds. The molecule has 132 valence electrons.